The van der Waals surface area contributed by atoms with Crippen LogP contribution in [0, 0.1) is 0 Å². The fourth-order valence-corrected chi connectivity index (χ4v) is 2.90. The van der Waals surface area contributed by atoms with Crippen molar-refractivity contribution in [1.82, 2.24) is 0 Å². The molecule has 1 unspecified atom stereocenters. The molecule has 2 aromatic carbocycles. The average molecular weight is 224 g/mol. The highest BCUT2D eigenvalue weighted by molar-refractivity contribution is 5.74. The third-order valence-electron chi connectivity index (χ3n) is 3.75. The molecule has 0 saturated heterocycles. The van der Waals surface area contributed by atoms with Gasteiger partial charge in [0.1, 0.15) is 0 Å². The van der Waals surface area contributed by atoms with E-state index in [2.05, 4.69) is 37.3 Å². The van der Waals surface area contributed by atoms with Crippen molar-refractivity contribution in [2.45, 2.75) is 25.4 Å². The van der Waals surface area contributed by atoms with Gasteiger partial charge < -0.3 is 5.11 Å². The molecule has 2 atom stereocenters. The molecule has 2 aromatic rings. The van der Waals surface area contributed by atoms with E-state index in [0.29, 0.717) is 0 Å². The van der Waals surface area contributed by atoms with E-state index < -0.39 is 0 Å². The van der Waals surface area contributed by atoms with Crippen LogP contribution in [0.25, 0.3) is 11.1 Å². The Bertz CT molecular complexity index is 545. The van der Waals surface area contributed by atoms with Crippen LogP contribution in [0.5, 0.6) is 0 Å². The molecule has 17 heavy (non-hydrogen) atoms. The first kappa shape index (κ1) is 10.5. The Labute approximate surface area is 102 Å². The Morgan fingerprint density at radius 2 is 1.41 bits per heavy atom. The predicted octanol–water partition coefficient (Wildman–Crippen LogP) is 3.89. The lowest BCUT2D eigenvalue weighted by Gasteiger charge is -2.31. The highest BCUT2D eigenvalue weighted by Gasteiger charge is 2.30. The lowest BCUT2D eigenvalue weighted by molar-refractivity contribution is 0.141. The van der Waals surface area contributed by atoms with E-state index in [1.807, 2.05) is 18.2 Å². The minimum atomic E-state index is -0.369. The average Bonchev–Trinajstić information content (AvgIpc) is 2.40. The van der Waals surface area contributed by atoms with Crippen molar-refractivity contribution in [1.29, 1.82) is 0 Å². The summed E-state index contributed by atoms with van der Waals surface area (Å²) in [6.45, 7) is 2.14. The summed E-state index contributed by atoms with van der Waals surface area (Å²) in [5.74, 6) is 0.223. The molecular formula is C16H16O. The van der Waals surface area contributed by atoms with Gasteiger partial charge in [-0.1, -0.05) is 55.5 Å². The van der Waals surface area contributed by atoms with E-state index in [1.165, 1.54) is 16.7 Å². The highest BCUT2D eigenvalue weighted by Crippen LogP contribution is 2.46. The molecule has 1 N–H and O–H groups in total. The molecule has 0 saturated carbocycles. The molecule has 0 fully saturated rings. The monoisotopic (exact) mass is 224 g/mol. The number of aliphatic hydroxyl groups is 1. The summed E-state index contributed by atoms with van der Waals surface area (Å²) >= 11 is 0. The molecule has 0 radical (unpaired) electrons. The summed E-state index contributed by atoms with van der Waals surface area (Å²) in [4.78, 5) is 0. The molecule has 0 amide bonds. The zero-order valence-corrected chi connectivity index (χ0v) is 9.93. The van der Waals surface area contributed by atoms with Crippen molar-refractivity contribution in [3.8, 4) is 11.1 Å². The number of rotatable bonds is 1. The van der Waals surface area contributed by atoms with Crippen LogP contribution in [0.4, 0.5) is 0 Å². The van der Waals surface area contributed by atoms with Crippen molar-refractivity contribution < 1.29 is 5.11 Å². The van der Waals surface area contributed by atoms with Gasteiger partial charge in [-0.15, -0.1) is 0 Å². The van der Waals surface area contributed by atoms with Crippen LogP contribution in [0.1, 0.15) is 36.5 Å². The molecule has 3 rings (SSSR count). The topological polar surface area (TPSA) is 20.2 Å². The fourth-order valence-electron chi connectivity index (χ4n) is 2.90. The number of fused-ring (bicyclic) bond motifs is 3. The van der Waals surface area contributed by atoms with E-state index in [0.717, 1.165) is 12.0 Å². The summed E-state index contributed by atoms with van der Waals surface area (Å²) in [6, 6.07) is 16.6. The molecule has 1 aliphatic rings. The first-order chi connectivity index (χ1) is 8.33. The molecule has 1 heteroatoms. The smallest absolute Gasteiger partial charge is 0.0864 e. The number of hydrogen-bond acceptors (Lipinski definition) is 1. The molecular weight excluding hydrogens is 208 g/mol. The van der Waals surface area contributed by atoms with E-state index >= 15 is 0 Å². The van der Waals surface area contributed by atoms with Crippen LogP contribution < -0.4 is 0 Å². The van der Waals surface area contributed by atoms with E-state index in [-0.39, 0.29) is 12.0 Å². The number of aliphatic hydroxyl groups excluding tert-OH is 1. The summed E-state index contributed by atoms with van der Waals surface area (Å²) in [5.41, 5.74) is 4.81. The van der Waals surface area contributed by atoms with Gasteiger partial charge >= 0.3 is 0 Å². The quantitative estimate of drug-likeness (QED) is 0.779. The van der Waals surface area contributed by atoms with Crippen LogP contribution in [-0.4, -0.2) is 5.11 Å². The minimum Gasteiger partial charge on any atom is -0.388 e. The zero-order valence-electron chi connectivity index (χ0n) is 9.93. The van der Waals surface area contributed by atoms with Gasteiger partial charge in [0.15, 0.2) is 0 Å². The lowest BCUT2D eigenvalue weighted by Crippen LogP contribution is -2.16. The van der Waals surface area contributed by atoms with Crippen LogP contribution in [0.2, 0.25) is 0 Å². The SMILES string of the molecule is CCC1c2ccccc2-c2ccccc2[C@H]1O. The van der Waals surface area contributed by atoms with Crippen LogP contribution in [0.15, 0.2) is 48.5 Å². The Morgan fingerprint density at radius 1 is 0.882 bits per heavy atom. The second-order valence-corrected chi connectivity index (χ2v) is 4.63. The van der Waals surface area contributed by atoms with Crippen molar-refractivity contribution >= 4 is 0 Å². The van der Waals surface area contributed by atoms with Crippen molar-refractivity contribution in [3.63, 3.8) is 0 Å². The first-order valence-electron chi connectivity index (χ1n) is 6.19. The van der Waals surface area contributed by atoms with Gasteiger partial charge in [-0.2, -0.15) is 0 Å². The normalized spacial score (nSPS) is 21.8. The van der Waals surface area contributed by atoms with Crippen molar-refractivity contribution in [2.24, 2.45) is 0 Å². The van der Waals surface area contributed by atoms with Crippen LogP contribution in [0.3, 0.4) is 0 Å². The predicted molar refractivity (Wildman–Crippen MR) is 69.9 cm³/mol. The molecule has 0 aromatic heterocycles. The summed E-state index contributed by atoms with van der Waals surface area (Å²) in [5, 5.41) is 10.5. The molecule has 1 nitrogen and oxygen atoms in total. The number of hydrogen-bond donors (Lipinski definition) is 1. The standard InChI is InChI=1S/C16H16O/c1-2-11-12-7-3-4-8-13(12)14-9-5-6-10-15(14)16(11)17/h3-11,16-17H,2H2,1H3/t11?,16-/m0/s1. The van der Waals surface area contributed by atoms with Gasteiger partial charge in [-0.25, -0.2) is 0 Å². The van der Waals surface area contributed by atoms with Gasteiger partial charge in [0.2, 0.25) is 0 Å². The molecule has 0 bridgehead atoms. The fraction of sp³-hybridized carbons (Fsp3) is 0.250. The summed E-state index contributed by atoms with van der Waals surface area (Å²) in [7, 11) is 0. The molecule has 0 heterocycles. The third kappa shape index (κ3) is 1.50. The second kappa shape index (κ2) is 4.01. The largest absolute Gasteiger partial charge is 0.388 e. The van der Waals surface area contributed by atoms with E-state index in [9.17, 15) is 5.11 Å². The molecule has 86 valence electrons. The minimum absolute atomic E-state index is 0.223. The van der Waals surface area contributed by atoms with Gasteiger partial charge in [0.05, 0.1) is 6.10 Å². The Hall–Kier alpha value is -1.60. The maximum absolute atomic E-state index is 10.5. The van der Waals surface area contributed by atoms with Gasteiger partial charge in [-0.05, 0) is 28.7 Å². The third-order valence-corrected chi connectivity index (χ3v) is 3.75. The summed E-state index contributed by atoms with van der Waals surface area (Å²) < 4.78 is 0. The van der Waals surface area contributed by atoms with Crippen molar-refractivity contribution in [2.75, 3.05) is 0 Å². The summed E-state index contributed by atoms with van der Waals surface area (Å²) in [6.07, 6.45) is 0.595. The molecule has 0 aliphatic heterocycles. The van der Waals surface area contributed by atoms with E-state index in [1.54, 1.807) is 0 Å². The maximum atomic E-state index is 10.5. The van der Waals surface area contributed by atoms with Crippen LogP contribution >= 0.6 is 0 Å². The first-order valence-corrected chi connectivity index (χ1v) is 6.19. The van der Waals surface area contributed by atoms with E-state index in [4.69, 9.17) is 0 Å². The maximum Gasteiger partial charge on any atom is 0.0864 e. The Kier molecular flexibility index (Phi) is 2.49. The van der Waals surface area contributed by atoms with Crippen molar-refractivity contribution in [3.05, 3.63) is 59.7 Å². The van der Waals surface area contributed by atoms with Gasteiger partial charge in [-0.3, -0.25) is 0 Å². The lowest BCUT2D eigenvalue weighted by atomic mass is 9.76. The molecule has 1 aliphatic carbocycles. The Balaban J connectivity index is 2.29. The second-order valence-electron chi connectivity index (χ2n) is 4.63. The highest BCUT2D eigenvalue weighted by atomic mass is 16.3. The zero-order chi connectivity index (χ0) is 11.8. The van der Waals surface area contributed by atoms with Gasteiger partial charge in [0.25, 0.3) is 0 Å². The number of benzene rings is 2. The van der Waals surface area contributed by atoms with Crippen LogP contribution in [-0.2, 0) is 0 Å². The molecule has 0 spiro atoms. The van der Waals surface area contributed by atoms with Gasteiger partial charge in [0, 0.05) is 5.92 Å². The Morgan fingerprint density at radius 3 is 2.06 bits per heavy atom.